The number of hydrogen-bond donors (Lipinski definition) is 2. The van der Waals surface area contributed by atoms with E-state index >= 15 is 0 Å². The molecule has 90 valence electrons. The molecular weight excluding hydrogens is 210 g/mol. The number of carboxylic acid groups (broad SMARTS) is 1. The number of rotatable bonds is 2. The van der Waals surface area contributed by atoms with E-state index in [4.69, 9.17) is 5.11 Å². The van der Waals surface area contributed by atoms with Crippen molar-refractivity contribution in [3.05, 3.63) is 0 Å². The van der Waals surface area contributed by atoms with Crippen molar-refractivity contribution in [3.63, 3.8) is 0 Å². The summed E-state index contributed by atoms with van der Waals surface area (Å²) in [4.78, 5) is 24.4. The third-order valence-corrected chi connectivity index (χ3v) is 3.61. The molecule has 1 amide bonds. The van der Waals surface area contributed by atoms with E-state index in [1.807, 2.05) is 0 Å². The van der Waals surface area contributed by atoms with Crippen LogP contribution in [0.5, 0.6) is 0 Å². The molecule has 0 spiro atoms. The van der Waals surface area contributed by atoms with Gasteiger partial charge in [-0.05, 0) is 25.7 Å². The zero-order valence-electron chi connectivity index (χ0n) is 9.13. The maximum absolute atomic E-state index is 12.0. The first-order valence-electron chi connectivity index (χ1n) is 5.77. The molecule has 3 atom stereocenters. The Hall–Kier alpha value is -1.10. The first-order chi connectivity index (χ1) is 7.58. The van der Waals surface area contributed by atoms with Crippen LogP contribution in [0.4, 0.5) is 0 Å². The summed E-state index contributed by atoms with van der Waals surface area (Å²) in [5.74, 6) is -1.27. The second kappa shape index (κ2) is 4.41. The van der Waals surface area contributed by atoms with Crippen molar-refractivity contribution in [2.75, 3.05) is 13.1 Å². The molecule has 0 bridgehead atoms. The lowest BCUT2D eigenvalue weighted by atomic mass is 10.0. The van der Waals surface area contributed by atoms with Crippen LogP contribution in [0.1, 0.15) is 25.7 Å². The summed E-state index contributed by atoms with van der Waals surface area (Å²) in [5, 5.41) is 18.2. The Morgan fingerprint density at radius 2 is 1.81 bits per heavy atom. The summed E-state index contributed by atoms with van der Waals surface area (Å²) in [6, 6.07) is 0. The van der Waals surface area contributed by atoms with Gasteiger partial charge in [0.15, 0.2) is 0 Å². The molecule has 2 N–H and O–H groups in total. The quantitative estimate of drug-likeness (QED) is 0.700. The molecule has 16 heavy (non-hydrogen) atoms. The Bertz CT molecular complexity index is 304. The lowest BCUT2D eigenvalue weighted by Crippen LogP contribution is -2.34. The predicted molar refractivity (Wildman–Crippen MR) is 55.7 cm³/mol. The number of likely N-dealkylation sites (tertiary alicyclic amines) is 1. The molecule has 0 unspecified atom stereocenters. The summed E-state index contributed by atoms with van der Waals surface area (Å²) in [5.41, 5.74) is 0. The number of aliphatic hydroxyl groups excluding tert-OH is 1. The average molecular weight is 227 g/mol. The molecule has 0 radical (unpaired) electrons. The van der Waals surface area contributed by atoms with Crippen molar-refractivity contribution in [3.8, 4) is 0 Å². The predicted octanol–water partition coefficient (Wildman–Crippen LogP) is 0.0805. The summed E-state index contributed by atoms with van der Waals surface area (Å²) < 4.78 is 0. The van der Waals surface area contributed by atoms with E-state index in [-0.39, 0.29) is 17.7 Å². The SMILES string of the molecule is O=C(O)[C@H]1CC[C@@H](C(=O)N2CC[C@H](O)C2)C1. The molecule has 0 aromatic carbocycles. The molecule has 2 fully saturated rings. The van der Waals surface area contributed by atoms with Gasteiger partial charge < -0.3 is 15.1 Å². The van der Waals surface area contributed by atoms with E-state index in [0.717, 1.165) is 0 Å². The maximum Gasteiger partial charge on any atom is 0.306 e. The van der Waals surface area contributed by atoms with Gasteiger partial charge in [0.2, 0.25) is 5.91 Å². The number of β-amino-alcohol motifs (C(OH)–C–C–N with tert-alkyl or cyclic N) is 1. The molecular formula is C11H17NO4. The van der Waals surface area contributed by atoms with E-state index in [1.54, 1.807) is 4.90 Å². The van der Waals surface area contributed by atoms with Crippen molar-refractivity contribution in [1.82, 2.24) is 4.90 Å². The van der Waals surface area contributed by atoms with Crippen molar-refractivity contribution in [1.29, 1.82) is 0 Å². The van der Waals surface area contributed by atoms with Crippen LogP contribution in [0.3, 0.4) is 0 Å². The summed E-state index contributed by atoms with van der Waals surface area (Å²) in [6.45, 7) is 1.02. The largest absolute Gasteiger partial charge is 0.481 e. The number of aliphatic hydroxyl groups is 1. The molecule has 1 saturated heterocycles. The standard InChI is InChI=1S/C11H17NO4/c13-9-3-4-12(6-9)10(14)7-1-2-8(5-7)11(15)16/h7-9,13H,1-6H2,(H,15,16)/t7-,8+,9+/m1/s1. The molecule has 5 heteroatoms. The Balaban J connectivity index is 1.89. The Labute approximate surface area is 94.0 Å². The van der Waals surface area contributed by atoms with Gasteiger partial charge in [0.1, 0.15) is 0 Å². The third kappa shape index (κ3) is 2.19. The van der Waals surface area contributed by atoms with Crippen LogP contribution in [-0.4, -0.2) is 46.2 Å². The van der Waals surface area contributed by atoms with Crippen LogP contribution >= 0.6 is 0 Å². The first-order valence-corrected chi connectivity index (χ1v) is 5.77. The molecule has 2 rings (SSSR count). The highest BCUT2D eigenvalue weighted by Gasteiger charge is 2.37. The number of carbonyl (C=O) groups is 2. The Kier molecular flexibility index (Phi) is 3.14. The number of carbonyl (C=O) groups excluding carboxylic acids is 1. The minimum atomic E-state index is -0.795. The number of amides is 1. The molecule has 1 aliphatic carbocycles. The van der Waals surface area contributed by atoms with E-state index in [9.17, 15) is 14.7 Å². The molecule has 1 heterocycles. The highest BCUT2D eigenvalue weighted by atomic mass is 16.4. The van der Waals surface area contributed by atoms with Gasteiger partial charge >= 0.3 is 5.97 Å². The third-order valence-electron chi connectivity index (χ3n) is 3.61. The van der Waals surface area contributed by atoms with Crippen molar-refractivity contribution >= 4 is 11.9 Å². The van der Waals surface area contributed by atoms with Gasteiger partial charge in [-0.15, -0.1) is 0 Å². The smallest absolute Gasteiger partial charge is 0.306 e. The monoisotopic (exact) mass is 227 g/mol. The highest BCUT2D eigenvalue weighted by molar-refractivity contribution is 5.81. The van der Waals surface area contributed by atoms with Gasteiger partial charge in [0, 0.05) is 19.0 Å². The van der Waals surface area contributed by atoms with Gasteiger partial charge in [0.25, 0.3) is 0 Å². The number of carboxylic acids is 1. The van der Waals surface area contributed by atoms with E-state index in [1.165, 1.54) is 0 Å². The fourth-order valence-corrected chi connectivity index (χ4v) is 2.63. The maximum atomic E-state index is 12.0. The highest BCUT2D eigenvalue weighted by Crippen LogP contribution is 2.33. The van der Waals surface area contributed by atoms with Crippen LogP contribution < -0.4 is 0 Å². The summed E-state index contributed by atoms with van der Waals surface area (Å²) in [6.07, 6.45) is 1.96. The molecule has 0 aromatic heterocycles. The fraction of sp³-hybridized carbons (Fsp3) is 0.818. The van der Waals surface area contributed by atoms with Gasteiger partial charge in [-0.1, -0.05) is 0 Å². The van der Waals surface area contributed by atoms with Crippen LogP contribution in [0.2, 0.25) is 0 Å². The zero-order chi connectivity index (χ0) is 11.7. The first kappa shape index (κ1) is 11.4. The number of aliphatic carboxylic acids is 1. The second-order valence-corrected chi connectivity index (χ2v) is 4.77. The fourth-order valence-electron chi connectivity index (χ4n) is 2.63. The second-order valence-electron chi connectivity index (χ2n) is 4.77. The molecule has 1 saturated carbocycles. The number of nitrogens with zero attached hydrogens (tertiary/aromatic N) is 1. The average Bonchev–Trinajstić information content (AvgIpc) is 2.84. The molecule has 0 aromatic rings. The van der Waals surface area contributed by atoms with Gasteiger partial charge in [-0.2, -0.15) is 0 Å². The number of hydrogen-bond acceptors (Lipinski definition) is 3. The van der Waals surface area contributed by atoms with Gasteiger partial charge in [-0.3, -0.25) is 9.59 Å². The normalized spacial score (nSPS) is 34.3. The zero-order valence-corrected chi connectivity index (χ0v) is 9.13. The van der Waals surface area contributed by atoms with Crippen molar-refractivity contribution in [2.24, 2.45) is 11.8 Å². The van der Waals surface area contributed by atoms with E-state index < -0.39 is 12.1 Å². The summed E-state index contributed by atoms with van der Waals surface area (Å²) in [7, 11) is 0. The topological polar surface area (TPSA) is 77.8 Å². The minimum Gasteiger partial charge on any atom is -0.481 e. The lowest BCUT2D eigenvalue weighted by molar-refractivity contribution is -0.141. The van der Waals surface area contributed by atoms with E-state index in [0.29, 0.717) is 38.8 Å². The van der Waals surface area contributed by atoms with Crippen molar-refractivity contribution < 1.29 is 19.8 Å². The van der Waals surface area contributed by atoms with Crippen LogP contribution in [-0.2, 0) is 9.59 Å². The molecule has 1 aliphatic heterocycles. The molecule has 2 aliphatic rings. The minimum absolute atomic E-state index is 0.0281. The Morgan fingerprint density at radius 3 is 2.31 bits per heavy atom. The lowest BCUT2D eigenvalue weighted by Gasteiger charge is -2.19. The van der Waals surface area contributed by atoms with Gasteiger partial charge in [0.05, 0.1) is 12.0 Å². The van der Waals surface area contributed by atoms with Crippen LogP contribution in [0, 0.1) is 11.8 Å². The van der Waals surface area contributed by atoms with Crippen LogP contribution in [0.15, 0.2) is 0 Å². The van der Waals surface area contributed by atoms with Gasteiger partial charge in [-0.25, -0.2) is 0 Å². The van der Waals surface area contributed by atoms with E-state index in [2.05, 4.69) is 0 Å². The van der Waals surface area contributed by atoms with Crippen LogP contribution in [0.25, 0.3) is 0 Å². The summed E-state index contributed by atoms with van der Waals surface area (Å²) >= 11 is 0. The molecule has 5 nitrogen and oxygen atoms in total. The van der Waals surface area contributed by atoms with Crippen molar-refractivity contribution in [2.45, 2.75) is 31.8 Å². The Morgan fingerprint density at radius 1 is 1.12 bits per heavy atom.